The zero-order valence-electron chi connectivity index (χ0n) is 18.6. The largest absolute Gasteiger partial charge is 0.480 e. The van der Waals surface area contributed by atoms with E-state index in [0.29, 0.717) is 0 Å². The number of piperidine rings is 1. The lowest BCUT2D eigenvalue weighted by Gasteiger charge is -2.42. The first-order valence-electron chi connectivity index (χ1n) is 11.1. The summed E-state index contributed by atoms with van der Waals surface area (Å²) in [6.45, 7) is 4.18. The van der Waals surface area contributed by atoms with E-state index in [1.807, 2.05) is 18.3 Å². The second-order valence-electron chi connectivity index (χ2n) is 8.28. The van der Waals surface area contributed by atoms with Crippen LogP contribution in [0, 0.1) is 0 Å². The molecule has 2 aromatic carbocycles. The first kappa shape index (κ1) is 27.3. The number of hydrogen-bond acceptors (Lipinski definition) is 4. The van der Waals surface area contributed by atoms with E-state index in [0.717, 1.165) is 24.7 Å². The van der Waals surface area contributed by atoms with Crippen molar-refractivity contribution >= 4 is 43.0 Å². The molecule has 2 aliphatic rings. The monoisotopic (exact) mass is 507 g/mol. The van der Waals surface area contributed by atoms with Gasteiger partial charge < -0.3 is 14.5 Å². The summed E-state index contributed by atoms with van der Waals surface area (Å²) in [6.07, 6.45) is 5.82. The van der Waals surface area contributed by atoms with Crippen LogP contribution in [-0.4, -0.2) is 36.1 Å². The molecule has 3 aromatic rings. The number of nitrogens with zero attached hydrogens (tertiary/aromatic N) is 3. The Morgan fingerprint density at radius 2 is 1.48 bits per heavy atom. The maximum Gasteiger partial charge on any atom is 0.172 e. The van der Waals surface area contributed by atoms with E-state index >= 15 is 0 Å². The van der Waals surface area contributed by atoms with E-state index in [2.05, 4.69) is 70.5 Å². The van der Waals surface area contributed by atoms with Gasteiger partial charge in [0, 0.05) is 12.7 Å². The Hall–Kier alpha value is -1.98. The summed E-state index contributed by atoms with van der Waals surface area (Å²) < 4.78 is 6.41. The molecule has 1 fully saturated rings. The van der Waals surface area contributed by atoms with Gasteiger partial charge in [0.15, 0.2) is 11.6 Å². The van der Waals surface area contributed by atoms with Crippen LogP contribution in [0.15, 0.2) is 79.0 Å². The van der Waals surface area contributed by atoms with Gasteiger partial charge in [0.25, 0.3) is 0 Å². The average Bonchev–Trinajstić information content (AvgIpc) is 2.84. The molecule has 178 valence electrons. The smallest absolute Gasteiger partial charge is 0.172 e. The number of likely N-dealkylation sites (tertiary alicyclic amines) is 1. The highest BCUT2D eigenvalue weighted by atomic mass is 35.5. The Balaban J connectivity index is 0.00000128. The van der Waals surface area contributed by atoms with Crippen LogP contribution in [0.1, 0.15) is 42.5 Å². The fourth-order valence-corrected chi connectivity index (χ4v) is 4.71. The van der Waals surface area contributed by atoms with Gasteiger partial charge >= 0.3 is 0 Å². The lowest BCUT2D eigenvalue weighted by Crippen LogP contribution is -2.44. The summed E-state index contributed by atoms with van der Waals surface area (Å²) in [5, 5.41) is 0. The predicted molar refractivity (Wildman–Crippen MR) is 143 cm³/mol. The van der Waals surface area contributed by atoms with E-state index in [1.54, 1.807) is 0 Å². The van der Waals surface area contributed by atoms with Crippen LogP contribution in [0.4, 0.5) is 5.82 Å². The molecular formula is C26H32Cl3N3O. The number of ether oxygens (including phenoxy) is 1. The lowest BCUT2D eigenvalue weighted by atomic mass is 10.00. The minimum Gasteiger partial charge on any atom is -0.480 e. The molecule has 0 aliphatic carbocycles. The summed E-state index contributed by atoms with van der Waals surface area (Å²) in [6, 6.07) is 25.7. The molecule has 0 N–H and O–H groups in total. The Labute approximate surface area is 215 Å². The molecule has 2 unspecified atom stereocenters. The highest BCUT2D eigenvalue weighted by Gasteiger charge is 2.34. The summed E-state index contributed by atoms with van der Waals surface area (Å²) in [4.78, 5) is 9.85. The van der Waals surface area contributed by atoms with Gasteiger partial charge in [-0.15, -0.1) is 37.2 Å². The number of halogens is 3. The van der Waals surface area contributed by atoms with Gasteiger partial charge in [-0.1, -0.05) is 67.1 Å². The highest BCUT2D eigenvalue weighted by Crippen LogP contribution is 2.41. The zero-order valence-corrected chi connectivity index (χ0v) is 21.0. The molecule has 4 nitrogen and oxygen atoms in total. The topological polar surface area (TPSA) is 28.6 Å². The Morgan fingerprint density at radius 3 is 2.18 bits per heavy atom. The molecule has 33 heavy (non-hydrogen) atoms. The van der Waals surface area contributed by atoms with Crippen molar-refractivity contribution in [1.82, 2.24) is 9.88 Å². The van der Waals surface area contributed by atoms with Crippen molar-refractivity contribution in [2.75, 3.05) is 31.1 Å². The van der Waals surface area contributed by atoms with E-state index in [-0.39, 0.29) is 49.4 Å². The van der Waals surface area contributed by atoms with E-state index < -0.39 is 0 Å². The summed E-state index contributed by atoms with van der Waals surface area (Å²) in [7, 11) is 0. The molecule has 2 atom stereocenters. The number of fused-ring (bicyclic) bond motifs is 1. The van der Waals surface area contributed by atoms with Crippen LogP contribution in [-0.2, 0) is 0 Å². The second-order valence-corrected chi connectivity index (χ2v) is 8.28. The lowest BCUT2D eigenvalue weighted by molar-refractivity contribution is 0.174. The number of hydrogen-bond donors (Lipinski definition) is 0. The minimum atomic E-state index is -0.00420. The SMILES string of the molecule is Cl.Cl.Cl.c1ccc(C2CN(C(CN3CCCCC3)c3ccccc3)c3ncccc3O2)cc1. The predicted octanol–water partition coefficient (Wildman–Crippen LogP) is 6.51. The van der Waals surface area contributed by atoms with E-state index in [9.17, 15) is 0 Å². The van der Waals surface area contributed by atoms with Crippen LogP contribution in [0.25, 0.3) is 0 Å². The Bertz CT molecular complexity index is 955. The molecule has 0 spiro atoms. The number of rotatable bonds is 5. The number of aromatic nitrogens is 1. The Morgan fingerprint density at radius 1 is 0.818 bits per heavy atom. The zero-order chi connectivity index (χ0) is 20.2. The third kappa shape index (κ3) is 6.33. The average molecular weight is 509 g/mol. The fourth-order valence-electron chi connectivity index (χ4n) is 4.71. The molecule has 0 radical (unpaired) electrons. The van der Waals surface area contributed by atoms with Crippen LogP contribution in [0.2, 0.25) is 0 Å². The minimum absolute atomic E-state index is 0. The molecule has 0 saturated carbocycles. The van der Waals surface area contributed by atoms with Crippen LogP contribution >= 0.6 is 37.2 Å². The van der Waals surface area contributed by atoms with Crippen molar-refractivity contribution in [3.63, 3.8) is 0 Å². The van der Waals surface area contributed by atoms with Crippen LogP contribution < -0.4 is 9.64 Å². The quantitative estimate of drug-likeness (QED) is 0.392. The van der Waals surface area contributed by atoms with E-state index in [4.69, 9.17) is 9.72 Å². The van der Waals surface area contributed by atoms with Crippen molar-refractivity contribution in [2.45, 2.75) is 31.4 Å². The van der Waals surface area contributed by atoms with Crippen molar-refractivity contribution in [1.29, 1.82) is 0 Å². The molecule has 5 rings (SSSR count). The molecule has 2 aliphatic heterocycles. The fraction of sp³-hybridized carbons (Fsp3) is 0.346. The third-order valence-corrected chi connectivity index (χ3v) is 6.27. The molecule has 0 amide bonds. The molecule has 1 aromatic heterocycles. The van der Waals surface area contributed by atoms with Crippen molar-refractivity contribution in [3.05, 3.63) is 90.1 Å². The van der Waals surface area contributed by atoms with Crippen LogP contribution in [0.3, 0.4) is 0 Å². The molecule has 7 heteroatoms. The van der Waals surface area contributed by atoms with Crippen molar-refractivity contribution < 1.29 is 4.74 Å². The van der Waals surface area contributed by atoms with Gasteiger partial charge in [-0.2, -0.15) is 0 Å². The third-order valence-electron chi connectivity index (χ3n) is 6.27. The first-order chi connectivity index (χ1) is 14.9. The second kappa shape index (κ2) is 13.0. The normalized spacial score (nSPS) is 18.4. The van der Waals surface area contributed by atoms with Crippen molar-refractivity contribution in [3.8, 4) is 5.75 Å². The highest BCUT2D eigenvalue weighted by molar-refractivity contribution is 5.86. The van der Waals surface area contributed by atoms with E-state index in [1.165, 1.54) is 43.5 Å². The number of anilines is 1. The maximum absolute atomic E-state index is 6.41. The summed E-state index contributed by atoms with van der Waals surface area (Å²) >= 11 is 0. The number of benzene rings is 2. The van der Waals surface area contributed by atoms with Gasteiger partial charge in [-0.3, -0.25) is 0 Å². The van der Waals surface area contributed by atoms with Crippen molar-refractivity contribution in [2.24, 2.45) is 0 Å². The summed E-state index contributed by atoms with van der Waals surface area (Å²) in [5.41, 5.74) is 2.55. The standard InChI is InChI=1S/C26H29N3O.3ClH/c1-4-11-21(12-5-1)23(19-28-17-8-3-9-18-28)29-20-25(22-13-6-2-7-14-22)30-24-15-10-16-27-26(24)29;;;/h1-2,4-7,10-16,23,25H,3,8-9,17-20H2;3*1H. The van der Waals surface area contributed by atoms with Gasteiger partial charge in [0.1, 0.15) is 6.10 Å². The Kier molecular flexibility index (Phi) is 10.8. The van der Waals surface area contributed by atoms with Gasteiger partial charge in [0.05, 0.1) is 12.6 Å². The molecule has 3 heterocycles. The number of pyridine rings is 1. The van der Waals surface area contributed by atoms with Gasteiger partial charge in [-0.25, -0.2) is 4.98 Å². The molecule has 0 bridgehead atoms. The van der Waals surface area contributed by atoms with Crippen LogP contribution in [0.5, 0.6) is 5.75 Å². The maximum atomic E-state index is 6.41. The van der Waals surface area contributed by atoms with Gasteiger partial charge in [0.2, 0.25) is 0 Å². The molecular weight excluding hydrogens is 477 g/mol. The summed E-state index contributed by atoms with van der Waals surface area (Å²) in [5.74, 6) is 1.83. The van der Waals surface area contributed by atoms with Gasteiger partial charge in [-0.05, 0) is 49.2 Å². The first-order valence-corrected chi connectivity index (χ1v) is 11.1. The molecule has 1 saturated heterocycles.